The van der Waals surface area contributed by atoms with E-state index < -0.39 is 14.3 Å². The van der Waals surface area contributed by atoms with Crippen molar-refractivity contribution in [2.75, 3.05) is 6.61 Å². The maximum atomic E-state index is 10.1. The summed E-state index contributed by atoms with van der Waals surface area (Å²) in [7, 11) is -2.88. The first-order valence-electron chi connectivity index (χ1n) is 2.24. The molecule has 6 heteroatoms. The summed E-state index contributed by atoms with van der Waals surface area (Å²) < 4.78 is 13.9. The van der Waals surface area contributed by atoms with Gasteiger partial charge in [0, 0.05) is 0 Å². The highest BCUT2D eigenvalue weighted by molar-refractivity contribution is 7.34. The first kappa shape index (κ1) is 8.33. The number of hydrogen-bond donors (Lipinski definition) is 1. The lowest BCUT2D eigenvalue weighted by Gasteiger charge is -1.94. The highest BCUT2D eigenvalue weighted by Gasteiger charge is 2.07. The van der Waals surface area contributed by atoms with E-state index in [2.05, 4.69) is 4.74 Å². The van der Waals surface area contributed by atoms with E-state index in [1.54, 1.807) is 6.92 Å². The Kier molecular flexibility index (Phi) is 3.92. The van der Waals surface area contributed by atoms with E-state index in [-0.39, 0.29) is 6.61 Å². The molecule has 0 aliphatic heterocycles. The molecule has 0 aromatic carbocycles. The zero-order valence-electron chi connectivity index (χ0n) is 4.79. The Morgan fingerprint density at radius 2 is 2.44 bits per heavy atom. The van der Waals surface area contributed by atoms with Gasteiger partial charge < -0.3 is 9.63 Å². The lowest BCUT2D eigenvalue weighted by Crippen LogP contribution is -2.20. The molecule has 1 unspecified atom stereocenters. The van der Waals surface area contributed by atoms with Gasteiger partial charge in [0.05, 0.1) is 6.61 Å². The number of amides is 1. The molecule has 52 valence electrons. The summed E-state index contributed by atoms with van der Waals surface area (Å²) in [5.74, 6) is 0. The molecule has 0 aliphatic carbocycles. The van der Waals surface area contributed by atoms with Crippen molar-refractivity contribution in [3.05, 3.63) is 0 Å². The third kappa shape index (κ3) is 5.20. The van der Waals surface area contributed by atoms with Crippen molar-refractivity contribution < 1.29 is 19.0 Å². The summed E-state index contributed by atoms with van der Waals surface area (Å²) in [6.45, 7) is 1.74. The Morgan fingerprint density at radius 3 is 2.78 bits per heavy atom. The van der Waals surface area contributed by atoms with Gasteiger partial charge >= 0.3 is 14.3 Å². The van der Waals surface area contributed by atoms with Crippen molar-refractivity contribution in [2.24, 2.45) is 0 Å². The van der Waals surface area contributed by atoms with Crippen LogP contribution in [-0.2, 0) is 9.30 Å². The number of carbonyl (C=O) groups excluding carboxylic acids is 1. The molecule has 0 bridgehead atoms. The van der Waals surface area contributed by atoms with Crippen LogP contribution in [0.3, 0.4) is 0 Å². The van der Waals surface area contributed by atoms with Gasteiger partial charge in [-0.15, -0.1) is 5.09 Å². The molecule has 9 heavy (non-hydrogen) atoms. The third-order valence-electron chi connectivity index (χ3n) is 0.458. The monoisotopic (exact) mass is 151 g/mol. The van der Waals surface area contributed by atoms with E-state index in [1.807, 2.05) is 0 Å². The average molecular weight is 151 g/mol. The Balaban J connectivity index is 3.39. The third-order valence-corrected chi connectivity index (χ3v) is 0.823. The van der Waals surface area contributed by atoms with Gasteiger partial charge in [-0.25, -0.2) is 4.79 Å². The molecular weight excluding hydrogens is 145 g/mol. The second kappa shape index (κ2) is 4.23. The van der Waals surface area contributed by atoms with Gasteiger partial charge in [0.2, 0.25) is 0 Å². The normalized spacial score (nSPS) is 10.2. The quantitative estimate of drug-likeness (QED) is 0.552. The van der Waals surface area contributed by atoms with Gasteiger partial charge in [-0.05, 0) is 11.5 Å². The molecule has 0 radical (unpaired) electrons. The first-order valence-corrected chi connectivity index (χ1v) is 3.42. The molecule has 0 aliphatic rings. The highest BCUT2D eigenvalue weighted by atomic mass is 31.1. The predicted octanol–water partition coefficient (Wildman–Crippen LogP) is -0.250. The minimum Gasteiger partial charge on any atom is -0.573 e. The fourth-order valence-corrected chi connectivity index (χ4v) is 0.452. The predicted molar refractivity (Wildman–Crippen MR) is 27.8 cm³/mol. The molecule has 5 nitrogen and oxygen atoms in total. The number of hydrogen-bond acceptors (Lipinski definition) is 4. The lowest BCUT2D eigenvalue weighted by molar-refractivity contribution is -0.166. The van der Waals surface area contributed by atoms with E-state index in [1.165, 1.54) is 5.09 Å². The fraction of sp³-hybridized carbons (Fsp3) is 0.667. The van der Waals surface area contributed by atoms with Crippen molar-refractivity contribution in [3.8, 4) is 0 Å². The van der Waals surface area contributed by atoms with E-state index in [0.717, 1.165) is 0 Å². The van der Waals surface area contributed by atoms with Gasteiger partial charge in [0.15, 0.2) is 0 Å². The van der Waals surface area contributed by atoms with Gasteiger partial charge in [-0.3, -0.25) is 0 Å². The molecule has 0 rings (SSSR count). The van der Waals surface area contributed by atoms with E-state index >= 15 is 0 Å². The Bertz CT molecular complexity index is 125. The van der Waals surface area contributed by atoms with Crippen molar-refractivity contribution in [2.45, 2.75) is 6.92 Å². The Morgan fingerprint density at radius 1 is 1.89 bits per heavy atom. The maximum Gasteiger partial charge on any atom is 0.447 e. The van der Waals surface area contributed by atoms with E-state index in [9.17, 15) is 14.3 Å². The number of rotatable bonds is 2. The summed E-state index contributed by atoms with van der Waals surface area (Å²) in [5, 5.41) is 1.54. The van der Waals surface area contributed by atoms with Crippen LogP contribution in [-0.4, -0.2) is 12.7 Å². The molecular formula is C3H6NO4P. The molecule has 0 saturated carbocycles. The zero-order chi connectivity index (χ0) is 7.28. The average Bonchev–Trinajstić information content (AvgIpc) is 1.63. The molecule has 1 atom stereocenters. The fourth-order valence-electron chi connectivity index (χ4n) is 0.238. The zero-order valence-corrected chi connectivity index (χ0v) is 5.68. The Hall–Kier alpha value is -0.670. The molecule has 0 saturated heterocycles. The topological polar surface area (TPSA) is 78.5 Å². The first-order chi connectivity index (χ1) is 4.16. The van der Waals surface area contributed by atoms with Crippen LogP contribution < -0.4 is 9.98 Å². The van der Waals surface area contributed by atoms with Crippen LogP contribution in [0.2, 0.25) is 0 Å². The van der Waals surface area contributed by atoms with Gasteiger partial charge in [0.25, 0.3) is 0 Å². The summed E-state index contributed by atoms with van der Waals surface area (Å²) in [6.07, 6.45) is -0.936. The van der Waals surface area contributed by atoms with Crippen LogP contribution in [0.1, 0.15) is 6.92 Å². The SMILES string of the molecule is CCOC(=O)N[P+](=O)[O-]. The standard InChI is InChI=1S/C3H6NO4P/c1-2-8-3(5)4-9(6)7/h2H2,1H3,(H,4,5,6,7). The largest absolute Gasteiger partial charge is 0.573 e. The van der Waals surface area contributed by atoms with Crippen molar-refractivity contribution in [3.63, 3.8) is 0 Å². The molecule has 0 aromatic rings. The number of nitrogens with one attached hydrogen (secondary N) is 1. The van der Waals surface area contributed by atoms with Gasteiger partial charge in [-0.1, -0.05) is 0 Å². The van der Waals surface area contributed by atoms with Gasteiger partial charge in [-0.2, -0.15) is 0 Å². The Labute approximate surface area is 52.9 Å². The maximum absolute atomic E-state index is 10.1. The van der Waals surface area contributed by atoms with Crippen LogP contribution in [0.15, 0.2) is 0 Å². The molecule has 0 aromatic heterocycles. The van der Waals surface area contributed by atoms with Crippen LogP contribution in [0, 0.1) is 0 Å². The lowest BCUT2D eigenvalue weighted by atomic mass is 10.9. The summed E-state index contributed by atoms with van der Waals surface area (Å²) in [5.41, 5.74) is 0. The summed E-state index contributed by atoms with van der Waals surface area (Å²) in [6, 6.07) is 0. The molecule has 0 spiro atoms. The summed E-state index contributed by atoms with van der Waals surface area (Å²) >= 11 is 0. The van der Waals surface area contributed by atoms with Crippen molar-refractivity contribution in [1.29, 1.82) is 0 Å². The molecule has 0 heterocycles. The van der Waals surface area contributed by atoms with Crippen molar-refractivity contribution in [1.82, 2.24) is 5.09 Å². The minimum absolute atomic E-state index is 0.162. The second-order valence-electron chi connectivity index (χ2n) is 1.09. The number of carbonyl (C=O) groups is 1. The highest BCUT2D eigenvalue weighted by Crippen LogP contribution is 1.97. The molecule has 0 fully saturated rings. The van der Waals surface area contributed by atoms with Crippen molar-refractivity contribution >= 4 is 14.3 Å². The van der Waals surface area contributed by atoms with Crippen LogP contribution >= 0.6 is 8.18 Å². The van der Waals surface area contributed by atoms with E-state index in [4.69, 9.17) is 0 Å². The molecule has 1 amide bonds. The molecule has 1 N–H and O–H groups in total. The van der Waals surface area contributed by atoms with Crippen LogP contribution in [0.25, 0.3) is 0 Å². The number of ether oxygens (including phenoxy) is 1. The smallest absolute Gasteiger partial charge is 0.447 e. The second-order valence-corrected chi connectivity index (χ2v) is 1.83. The summed E-state index contributed by atoms with van der Waals surface area (Å²) in [4.78, 5) is 19.8. The van der Waals surface area contributed by atoms with Gasteiger partial charge in [0.1, 0.15) is 0 Å². The van der Waals surface area contributed by atoms with Crippen LogP contribution in [0.4, 0.5) is 4.79 Å². The minimum atomic E-state index is -2.88. The van der Waals surface area contributed by atoms with E-state index in [0.29, 0.717) is 0 Å². The van der Waals surface area contributed by atoms with Crippen LogP contribution in [0.5, 0.6) is 0 Å².